The van der Waals surface area contributed by atoms with E-state index in [1.165, 1.54) is 24.5 Å². The van der Waals surface area contributed by atoms with Crippen molar-refractivity contribution in [2.24, 2.45) is 0 Å². The van der Waals surface area contributed by atoms with Crippen molar-refractivity contribution >= 4 is 34.3 Å². The predicted octanol–water partition coefficient (Wildman–Crippen LogP) is 4.07. The summed E-state index contributed by atoms with van der Waals surface area (Å²) in [5.74, 6) is 0.409. The third-order valence-electron chi connectivity index (χ3n) is 4.02. The van der Waals surface area contributed by atoms with Crippen LogP contribution in [0.1, 0.15) is 33.3 Å². The van der Waals surface area contributed by atoms with Crippen LogP contribution < -0.4 is 14.8 Å². The van der Waals surface area contributed by atoms with Gasteiger partial charge in [0.25, 0.3) is 0 Å². The van der Waals surface area contributed by atoms with Crippen LogP contribution in [0.15, 0.2) is 24.3 Å². The van der Waals surface area contributed by atoms with Crippen LogP contribution in [0.2, 0.25) is 0 Å². The van der Waals surface area contributed by atoms with E-state index in [0.717, 1.165) is 16.0 Å². The molecule has 144 valence electrons. The number of aryl methyl sites for hydroxylation is 1. The second-order valence-electron chi connectivity index (χ2n) is 5.62. The maximum absolute atomic E-state index is 12.3. The van der Waals surface area contributed by atoms with Gasteiger partial charge in [-0.15, -0.1) is 11.3 Å². The Morgan fingerprint density at radius 3 is 2.44 bits per heavy atom. The van der Waals surface area contributed by atoms with Gasteiger partial charge in [-0.25, -0.2) is 4.79 Å². The van der Waals surface area contributed by atoms with Crippen LogP contribution in [0.4, 0.5) is 5.00 Å². The summed E-state index contributed by atoms with van der Waals surface area (Å²) in [5, 5.41) is 3.28. The summed E-state index contributed by atoms with van der Waals surface area (Å²) in [5.41, 5.74) is 2.11. The van der Waals surface area contributed by atoms with Crippen molar-refractivity contribution < 1.29 is 23.8 Å². The average Bonchev–Trinajstić information content (AvgIpc) is 2.99. The van der Waals surface area contributed by atoms with Gasteiger partial charge in [0, 0.05) is 11.0 Å². The van der Waals surface area contributed by atoms with Gasteiger partial charge in [0.2, 0.25) is 5.91 Å². The molecule has 0 fully saturated rings. The SMILES string of the molecule is CCc1c(C)sc(NC(=O)/C=C/c2ccc(OC)c(OC)c2)c1C(=O)OC. The van der Waals surface area contributed by atoms with Gasteiger partial charge in [-0.05, 0) is 42.7 Å². The fourth-order valence-electron chi connectivity index (χ4n) is 2.69. The van der Waals surface area contributed by atoms with Crippen molar-refractivity contribution in [3.8, 4) is 11.5 Å². The Morgan fingerprint density at radius 2 is 1.85 bits per heavy atom. The topological polar surface area (TPSA) is 73.9 Å². The Bertz CT molecular complexity index is 869. The highest BCUT2D eigenvalue weighted by atomic mass is 32.1. The summed E-state index contributed by atoms with van der Waals surface area (Å²) in [6.07, 6.45) is 3.75. The van der Waals surface area contributed by atoms with Gasteiger partial charge in [-0.2, -0.15) is 0 Å². The maximum Gasteiger partial charge on any atom is 0.341 e. The molecule has 6 nitrogen and oxygen atoms in total. The van der Waals surface area contributed by atoms with Gasteiger partial charge in [-0.3, -0.25) is 4.79 Å². The number of carbonyl (C=O) groups excluding carboxylic acids is 2. The fraction of sp³-hybridized carbons (Fsp3) is 0.300. The first-order valence-corrected chi connectivity index (χ1v) is 9.18. The molecular formula is C20H23NO5S. The smallest absolute Gasteiger partial charge is 0.341 e. The summed E-state index contributed by atoms with van der Waals surface area (Å²) >= 11 is 1.37. The van der Waals surface area contributed by atoms with E-state index >= 15 is 0 Å². The summed E-state index contributed by atoms with van der Waals surface area (Å²) < 4.78 is 15.3. The number of ether oxygens (including phenoxy) is 3. The lowest BCUT2D eigenvalue weighted by molar-refractivity contribution is -0.111. The molecule has 0 bridgehead atoms. The molecule has 0 aliphatic heterocycles. The molecule has 1 amide bonds. The number of carbonyl (C=O) groups is 2. The maximum atomic E-state index is 12.3. The van der Waals surface area contributed by atoms with Crippen LogP contribution in [0.3, 0.4) is 0 Å². The fourth-order valence-corrected chi connectivity index (χ4v) is 3.83. The molecule has 0 aliphatic rings. The number of amides is 1. The molecule has 0 radical (unpaired) electrons. The highest BCUT2D eigenvalue weighted by Gasteiger charge is 2.22. The first-order valence-electron chi connectivity index (χ1n) is 8.36. The van der Waals surface area contributed by atoms with Crippen LogP contribution in [-0.4, -0.2) is 33.2 Å². The number of hydrogen-bond acceptors (Lipinski definition) is 6. The Hall–Kier alpha value is -2.80. The Kier molecular flexibility index (Phi) is 7.01. The van der Waals surface area contributed by atoms with E-state index in [4.69, 9.17) is 14.2 Å². The minimum Gasteiger partial charge on any atom is -0.493 e. The van der Waals surface area contributed by atoms with Crippen molar-refractivity contribution in [2.45, 2.75) is 20.3 Å². The standard InChI is InChI=1S/C20H23NO5S/c1-6-14-12(2)27-19(18(14)20(23)26-5)21-17(22)10-8-13-7-9-15(24-3)16(11-13)25-4/h7-11H,6H2,1-5H3,(H,21,22)/b10-8+. The average molecular weight is 389 g/mol. The van der Waals surface area contributed by atoms with Crippen molar-refractivity contribution in [3.05, 3.63) is 45.8 Å². The van der Waals surface area contributed by atoms with Crippen LogP contribution in [0, 0.1) is 6.92 Å². The third-order valence-corrected chi connectivity index (χ3v) is 5.09. The van der Waals surface area contributed by atoms with E-state index in [0.29, 0.717) is 28.5 Å². The molecule has 1 N–H and O–H groups in total. The lowest BCUT2D eigenvalue weighted by atomic mass is 10.1. The summed E-state index contributed by atoms with van der Waals surface area (Å²) in [4.78, 5) is 25.4. The third kappa shape index (κ3) is 4.68. The number of benzene rings is 1. The van der Waals surface area contributed by atoms with Crippen molar-refractivity contribution in [1.29, 1.82) is 0 Å². The highest BCUT2D eigenvalue weighted by molar-refractivity contribution is 7.16. The normalized spacial score (nSPS) is 10.7. The molecule has 27 heavy (non-hydrogen) atoms. The molecule has 2 aromatic rings. The van der Waals surface area contributed by atoms with Crippen LogP contribution in [-0.2, 0) is 16.0 Å². The second-order valence-corrected chi connectivity index (χ2v) is 6.85. The van der Waals surface area contributed by atoms with Gasteiger partial charge in [0.15, 0.2) is 11.5 Å². The summed E-state index contributed by atoms with van der Waals surface area (Å²) in [6, 6.07) is 5.35. The highest BCUT2D eigenvalue weighted by Crippen LogP contribution is 2.34. The Labute approximate surface area is 162 Å². The largest absolute Gasteiger partial charge is 0.493 e. The molecule has 1 aromatic carbocycles. The first kappa shape index (κ1) is 20.5. The number of rotatable bonds is 7. The Balaban J connectivity index is 2.21. The molecule has 1 heterocycles. The number of methoxy groups -OCH3 is 3. The monoisotopic (exact) mass is 389 g/mol. The summed E-state index contributed by atoms with van der Waals surface area (Å²) in [6.45, 7) is 3.88. The molecule has 1 aromatic heterocycles. The van der Waals surface area contributed by atoms with E-state index in [1.807, 2.05) is 19.9 Å². The van der Waals surface area contributed by atoms with Gasteiger partial charge >= 0.3 is 5.97 Å². The van der Waals surface area contributed by atoms with Crippen LogP contribution in [0.25, 0.3) is 6.08 Å². The summed E-state index contributed by atoms with van der Waals surface area (Å²) in [7, 11) is 4.45. The van der Waals surface area contributed by atoms with E-state index in [-0.39, 0.29) is 5.91 Å². The molecule has 0 spiro atoms. The molecular weight excluding hydrogens is 366 g/mol. The molecule has 0 saturated carbocycles. The van der Waals surface area contributed by atoms with Gasteiger partial charge in [-0.1, -0.05) is 13.0 Å². The lowest BCUT2D eigenvalue weighted by Crippen LogP contribution is -2.12. The number of nitrogens with one attached hydrogen (secondary N) is 1. The van der Waals surface area contributed by atoms with E-state index < -0.39 is 5.97 Å². The van der Waals surface area contributed by atoms with E-state index in [1.54, 1.807) is 32.4 Å². The van der Waals surface area contributed by atoms with Gasteiger partial charge in [0.1, 0.15) is 5.00 Å². The van der Waals surface area contributed by atoms with Crippen molar-refractivity contribution in [2.75, 3.05) is 26.6 Å². The molecule has 0 unspecified atom stereocenters. The molecule has 7 heteroatoms. The van der Waals surface area contributed by atoms with Crippen LogP contribution >= 0.6 is 11.3 Å². The molecule has 0 saturated heterocycles. The zero-order chi connectivity index (χ0) is 20.0. The lowest BCUT2D eigenvalue weighted by Gasteiger charge is -2.07. The Morgan fingerprint density at radius 1 is 1.15 bits per heavy atom. The van der Waals surface area contributed by atoms with Crippen LogP contribution in [0.5, 0.6) is 11.5 Å². The minimum atomic E-state index is -0.449. The predicted molar refractivity (Wildman–Crippen MR) is 107 cm³/mol. The molecule has 0 atom stereocenters. The van der Waals surface area contributed by atoms with Crippen molar-refractivity contribution in [1.82, 2.24) is 0 Å². The quantitative estimate of drug-likeness (QED) is 0.571. The number of esters is 1. The minimum absolute atomic E-state index is 0.334. The first-order chi connectivity index (χ1) is 12.9. The van der Waals surface area contributed by atoms with E-state index in [9.17, 15) is 9.59 Å². The zero-order valence-corrected chi connectivity index (χ0v) is 16.9. The molecule has 2 rings (SSSR count). The molecule has 0 aliphatic carbocycles. The second kappa shape index (κ2) is 9.23. The van der Waals surface area contributed by atoms with Gasteiger partial charge in [0.05, 0.1) is 26.9 Å². The van der Waals surface area contributed by atoms with Gasteiger partial charge < -0.3 is 19.5 Å². The zero-order valence-electron chi connectivity index (χ0n) is 16.0. The van der Waals surface area contributed by atoms with Crippen molar-refractivity contribution in [3.63, 3.8) is 0 Å². The number of thiophene rings is 1. The number of hydrogen-bond donors (Lipinski definition) is 1. The number of anilines is 1. The van der Waals surface area contributed by atoms with E-state index in [2.05, 4.69) is 5.32 Å².